The Bertz CT molecular complexity index is 514. The number of hydrogen-bond donors (Lipinski definition) is 1. The molecule has 0 bridgehead atoms. The van der Waals surface area contributed by atoms with E-state index in [1.165, 1.54) is 34.6 Å². The van der Waals surface area contributed by atoms with E-state index in [0.717, 1.165) is 6.54 Å². The smallest absolute Gasteiger partial charge is 0.0451 e. The summed E-state index contributed by atoms with van der Waals surface area (Å²) in [5.74, 6) is 0.608. The van der Waals surface area contributed by atoms with Crippen LogP contribution in [0.5, 0.6) is 0 Å². The fourth-order valence-electron chi connectivity index (χ4n) is 3.48. The lowest BCUT2D eigenvalue weighted by atomic mass is 9.88. The zero-order chi connectivity index (χ0) is 12.2. The van der Waals surface area contributed by atoms with Crippen molar-refractivity contribution in [3.8, 4) is 0 Å². The molecule has 0 fully saturated rings. The molecule has 90 valence electrons. The maximum atomic E-state index is 3.49. The van der Waals surface area contributed by atoms with Gasteiger partial charge in [0, 0.05) is 36.6 Å². The summed E-state index contributed by atoms with van der Waals surface area (Å²) < 4.78 is 0. The van der Waals surface area contributed by atoms with Crippen LogP contribution in [0.15, 0.2) is 23.5 Å². The van der Waals surface area contributed by atoms with Crippen molar-refractivity contribution >= 4 is 5.69 Å². The van der Waals surface area contributed by atoms with Gasteiger partial charge in [-0.2, -0.15) is 0 Å². The average molecular weight is 228 g/mol. The van der Waals surface area contributed by atoms with Crippen LogP contribution in [0.25, 0.3) is 0 Å². The van der Waals surface area contributed by atoms with Crippen LogP contribution in [-0.4, -0.2) is 13.6 Å². The van der Waals surface area contributed by atoms with Gasteiger partial charge in [0.05, 0.1) is 0 Å². The fraction of sp³-hybridized carbons (Fsp3) is 0.467. The minimum atomic E-state index is 0.608. The molecule has 0 aliphatic carbocycles. The highest BCUT2D eigenvalue weighted by Gasteiger charge is 2.36. The summed E-state index contributed by atoms with van der Waals surface area (Å²) in [5.41, 5.74) is 8.58. The SMILES string of the molecule is CC1=C2C(CCN1)c1c(C)cc(C)cc1N2C. The summed E-state index contributed by atoms with van der Waals surface area (Å²) in [5, 5.41) is 3.49. The Labute approximate surface area is 103 Å². The van der Waals surface area contributed by atoms with Crippen molar-refractivity contribution in [2.24, 2.45) is 0 Å². The second-order valence-electron chi connectivity index (χ2n) is 5.35. The van der Waals surface area contributed by atoms with Crippen LogP contribution in [0.1, 0.15) is 36.0 Å². The molecule has 2 nitrogen and oxygen atoms in total. The van der Waals surface area contributed by atoms with Crippen LogP contribution in [0.2, 0.25) is 0 Å². The lowest BCUT2D eigenvalue weighted by Crippen LogP contribution is -2.28. The summed E-state index contributed by atoms with van der Waals surface area (Å²) in [7, 11) is 2.20. The minimum Gasteiger partial charge on any atom is -0.387 e. The summed E-state index contributed by atoms with van der Waals surface area (Å²) >= 11 is 0. The topological polar surface area (TPSA) is 15.3 Å². The van der Waals surface area contributed by atoms with Gasteiger partial charge in [-0.05, 0) is 49.9 Å². The summed E-state index contributed by atoms with van der Waals surface area (Å²) in [6.07, 6.45) is 1.22. The van der Waals surface area contributed by atoms with Gasteiger partial charge in [0.2, 0.25) is 0 Å². The van der Waals surface area contributed by atoms with Gasteiger partial charge < -0.3 is 10.2 Å². The third-order valence-electron chi connectivity index (χ3n) is 4.12. The number of nitrogens with zero attached hydrogens (tertiary/aromatic N) is 1. The Morgan fingerprint density at radius 3 is 2.76 bits per heavy atom. The third kappa shape index (κ3) is 1.40. The first-order valence-corrected chi connectivity index (χ1v) is 6.39. The molecule has 0 saturated carbocycles. The molecule has 1 atom stereocenters. The van der Waals surface area contributed by atoms with Crippen LogP contribution in [0.4, 0.5) is 5.69 Å². The average Bonchev–Trinajstić information content (AvgIpc) is 2.54. The quantitative estimate of drug-likeness (QED) is 0.734. The Morgan fingerprint density at radius 1 is 1.24 bits per heavy atom. The molecule has 1 aromatic carbocycles. The number of aryl methyl sites for hydroxylation is 2. The molecule has 2 heteroatoms. The molecule has 3 rings (SSSR count). The summed E-state index contributed by atoms with van der Waals surface area (Å²) in [4.78, 5) is 2.38. The van der Waals surface area contributed by atoms with Gasteiger partial charge in [-0.3, -0.25) is 0 Å². The number of allylic oxidation sites excluding steroid dienone is 2. The maximum absolute atomic E-state index is 3.49. The van der Waals surface area contributed by atoms with E-state index in [1.54, 1.807) is 5.56 Å². The molecule has 1 aromatic rings. The van der Waals surface area contributed by atoms with Gasteiger partial charge in [0.1, 0.15) is 0 Å². The van der Waals surface area contributed by atoms with Crippen molar-refractivity contribution in [3.05, 3.63) is 40.2 Å². The molecule has 2 aliphatic heterocycles. The Balaban J connectivity index is 2.25. The van der Waals surface area contributed by atoms with E-state index in [0.29, 0.717) is 5.92 Å². The Morgan fingerprint density at radius 2 is 2.00 bits per heavy atom. The number of hydrogen-bond acceptors (Lipinski definition) is 2. The monoisotopic (exact) mass is 228 g/mol. The van der Waals surface area contributed by atoms with E-state index >= 15 is 0 Å². The van der Waals surface area contributed by atoms with E-state index in [-0.39, 0.29) is 0 Å². The maximum Gasteiger partial charge on any atom is 0.0451 e. The Kier molecular flexibility index (Phi) is 2.22. The van der Waals surface area contributed by atoms with Crippen molar-refractivity contribution in [2.45, 2.75) is 33.1 Å². The second kappa shape index (κ2) is 3.52. The number of nitrogens with one attached hydrogen (secondary N) is 1. The fourth-order valence-corrected chi connectivity index (χ4v) is 3.48. The number of fused-ring (bicyclic) bond motifs is 3. The van der Waals surface area contributed by atoms with E-state index in [2.05, 4.69) is 50.2 Å². The van der Waals surface area contributed by atoms with Crippen LogP contribution in [0, 0.1) is 13.8 Å². The molecule has 0 amide bonds. The third-order valence-corrected chi connectivity index (χ3v) is 4.12. The van der Waals surface area contributed by atoms with Crippen molar-refractivity contribution in [1.82, 2.24) is 5.32 Å². The van der Waals surface area contributed by atoms with E-state index < -0.39 is 0 Å². The van der Waals surface area contributed by atoms with Crippen molar-refractivity contribution in [2.75, 3.05) is 18.5 Å². The molecule has 1 N–H and O–H groups in total. The lowest BCUT2D eigenvalue weighted by molar-refractivity contribution is 0.602. The predicted octanol–water partition coefficient (Wildman–Crippen LogP) is 3.06. The predicted molar refractivity (Wildman–Crippen MR) is 72.4 cm³/mol. The van der Waals surface area contributed by atoms with Crippen LogP contribution in [-0.2, 0) is 0 Å². The largest absolute Gasteiger partial charge is 0.387 e. The van der Waals surface area contributed by atoms with Gasteiger partial charge >= 0.3 is 0 Å². The normalized spacial score (nSPS) is 22.4. The highest BCUT2D eigenvalue weighted by Crippen LogP contribution is 2.48. The molecule has 1 unspecified atom stereocenters. The molecular formula is C15H20N2. The highest BCUT2D eigenvalue weighted by molar-refractivity contribution is 5.71. The molecule has 17 heavy (non-hydrogen) atoms. The number of rotatable bonds is 0. The van der Waals surface area contributed by atoms with Gasteiger partial charge in [-0.25, -0.2) is 0 Å². The van der Waals surface area contributed by atoms with Crippen LogP contribution < -0.4 is 10.2 Å². The zero-order valence-electron chi connectivity index (χ0n) is 11.1. The first-order chi connectivity index (χ1) is 8.09. The number of anilines is 1. The van der Waals surface area contributed by atoms with Gasteiger partial charge in [-0.1, -0.05) is 6.07 Å². The van der Waals surface area contributed by atoms with Crippen LogP contribution in [0.3, 0.4) is 0 Å². The molecule has 2 heterocycles. The van der Waals surface area contributed by atoms with Crippen molar-refractivity contribution in [1.29, 1.82) is 0 Å². The standard InChI is InChI=1S/C15H20N2/c1-9-7-10(2)14-12-5-6-16-11(3)15(12)17(4)13(14)8-9/h7-8,12,16H,5-6H2,1-4H3. The zero-order valence-corrected chi connectivity index (χ0v) is 11.1. The van der Waals surface area contributed by atoms with E-state index in [4.69, 9.17) is 0 Å². The first-order valence-electron chi connectivity index (χ1n) is 6.39. The number of benzene rings is 1. The van der Waals surface area contributed by atoms with Crippen molar-refractivity contribution < 1.29 is 0 Å². The highest BCUT2D eigenvalue weighted by atomic mass is 15.2. The van der Waals surface area contributed by atoms with E-state index in [1.807, 2.05) is 0 Å². The first kappa shape index (κ1) is 10.7. The van der Waals surface area contributed by atoms with Gasteiger partial charge in [-0.15, -0.1) is 0 Å². The summed E-state index contributed by atoms with van der Waals surface area (Å²) in [6, 6.07) is 4.63. The minimum absolute atomic E-state index is 0.608. The molecule has 0 radical (unpaired) electrons. The van der Waals surface area contributed by atoms with Crippen molar-refractivity contribution in [3.63, 3.8) is 0 Å². The van der Waals surface area contributed by atoms with Gasteiger partial charge in [0.25, 0.3) is 0 Å². The lowest BCUT2D eigenvalue weighted by Gasteiger charge is -2.27. The molecule has 2 aliphatic rings. The van der Waals surface area contributed by atoms with E-state index in [9.17, 15) is 0 Å². The second-order valence-corrected chi connectivity index (χ2v) is 5.35. The molecule has 0 aromatic heterocycles. The Hall–Kier alpha value is -1.44. The van der Waals surface area contributed by atoms with Gasteiger partial charge in [0.15, 0.2) is 0 Å². The molecule has 0 saturated heterocycles. The summed E-state index contributed by atoms with van der Waals surface area (Å²) in [6.45, 7) is 7.73. The van der Waals surface area contributed by atoms with Crippen LogP contribution >= 0.6 is 0 Å². The molecule has 0 spiro atoms. The number of likely N-dealkylation sites (N-methyl/N-ethyl adjacent to an activating group) is 1. The molecular weight excluding hydrogens is 208 g/mol.